The van der Waals surface area contributed by atoms with E-state index >= 15 is 0 Å². The summed E-state index contributed by atoms with van der Waals surface area (Å²) >= 11 is 0. The van der Waals surface area contributed by atoms with Crippen LogP contribution in [0, 0.1) is 5.41 Å². The monoisotopic (exact) mass is 224 g/mol. The Bertz CT molecular complexity index is 360. The molecule has 1 atom stereocenters. The molecule has 0 spiro atoms. The van der Waals surface area contributed by atoms with E-state index < -0.39 is 0 Å². The van der Waals surface area contributed by atoms with Crippen LogP contribution in [0.3, 0.4) is 0 Å². The number of hydroxylamine groups is 1. The number of carbonyl (C=O) groups excluding carboxylic acids is 2. The lowest BCUT2D eigenvalue weighted by Crippen LogP contribution is -2.39. The van der Waals surface area contributed by atoms with Crippen LogP contribution in [-0.4, -0.2) is 24.3 Å². The summed E-state index contributed by atoms with van der Waals surface area (Å²) in [4.78, 5) is 27.6. The lowest BCUT2D eigenvalue weighted by atomic mass is 9.79. The second kappa shape index (κ2) is 3.90. The molecule has 0 bridgehead atoms. The molecule has 0 radical (unpaired) electrons. The zero-order chi connectivity index (χ0) is 11.8. The van der Waals surface area contributed by atoms with Gasteiger partial charge >= 0.3 is 0 Å². The van der Waals surface area contributed by atoms with Gasteiger partial charge in [0.2, 0.25) is 0 Å². The van der Waals surface area contributed by atoms with Crippen LogP contribution in [0.4, 0.5) is 0 Å². The van der Waals surface area contributed by atoms with Crippen molar-refractivity contribution in [1.82, 2.24) is 10.8 Å². The molecule has 88 valence electrons. The van der Waals surface area contributed by atoms with Crippen molar-refractivity contribution in [3.05, 3.63) is 11.8 Å². The highest BCUT2D eigenvalue weighted by molar-refractivity contribution is 5.92. The van der Waals surface area contributed by atoms with E-state index in [9.17, 15) is 9.59 Å². The van der Waals surface area contributed by atoms with Gasteiger partial charge in [0.15, 0.2) is 5.78 Å². The van der Waals surface area contributed by atoms with Crippen LogP contribution in [0.1, 0.15) is 26.7 Å². The summed E-state index contributed by atoms with van der Waals surface area (Å²) in [7, 11) is 0. The Morgan fingerprint density at radius 3 is 2.75 bits per heavy atom. The van der Waals surface area contributed by atoms with Gasteiger partial charge in [-0.15, -0.1) is 0 Å². The van der Waals surface area contributed by atoms with E-state index in [2.05, 4.69) is 10.8 Å². The average molecular weight is 224 g/mol. The molecule has 5 heteroatoms. The summed E-state index contributed by atoms with van der Waals surface area (Å²) in [6.07, 6.45) is 2.94. The third kappa shape index (κ3) is 2.41. The fraction of sp³-hybridized carbons (Fsp3) is 0.636. The van der Waals surface area contributed by atoms with E-state index in [-0.39, 0.29) is 23.1 Å². The number of ketones is 1. The van der Waals surface area contributed by atoms with Crippen molar-refractivity contribution < 1.29 is 14.4 Å². The highest BCUT2D eigenvalue weighted by Gasteiger charge is 2.31. The van der Waals surface area contributed by atoms with Gasteiger partial charge in [-0.2, -0.15) is 0 Å². The van der Waals surface area contributed by atoms with Crippen molar-refractivity contribution in [2.75, 3.05) is 6.61 Å². The first-order chi connectivity index (χ1) is 7.46. The van der Waals surface area contributed by atoms with Gasteiger partial charge in [0, 0.05) is 18.2 Å². The highest BCUT2D eigenvalue weighted by atomic mass is 16.7. The third-order valence-corrected chi connectivity index (χ3v) is 2.76. The summed E-state index contributed by atoms with van der Waals surface area (Å²) in [5.41, 5.74) is 3.07. The smallest absolute Gasteiger partial charge is 0.268 e. The maximum Gasteiger partial charge on any atom is 0.268 e. The van der Waals surface area contributed by atoms with Crippen molar-refractivity contribution in [2.45, 2.75) is 32.7 Å². The molecule has 2 aliphatic rings. The summed E-state index contributed by atoms with van der Waals surface area (Å²) in [5.74, 6) is -0.0743. The van der Waals surface area contributed by atoms with E-state index in [1.165, 1.54) is 0 Å². The molecule has 0 aromatic rings. The molecule has 1 heterocycles. The van der Waals surface area contributed by atoms with Crippen LogP contribution < -0.4 is 10.8 Å². The molecule has 1 amide bonds. The highest BCUT2D eigenvalue weighted by Crippen LogP contribution is 2.32. The molecule has 0 aromatic carbocycles. The zero-order valence-corrected chi connectivity index (χ0v) is 9.50. The molecular formula is C11H16N2O3. The second-order valence-electron chi connectivity index (χ2n) is 5.13. The van der Waals surface area contributed by atoms with Crippen molar-refractivity contribution >= 4 is 11.7 Å². The summed E-state index contributed by atoms with van der Waals surface area (Å²) in [6.45, 7) is 4.39. The third-order valence-electron chi connectivity index (χ3n) is 2.76. The van der Waals surface area contributed by atoms with Crippen LogP contribution in [0.2, 0.25) is 0 Å². The Labute approximate surface area is 94.2 Å². The normalized spacial score (nSPS) is 28.6. The number of rotatable bonds is 2. The first-order valence-electron chi connectivity index (χ1n) is 5.38. The van der Waals surface area contributed by atoms with Crippen LogP contribution in [0.25, 0.3) is 0 Å². The van der Waals surface area contributed by atoms with Crippen LogP contribution >= 0.6 is 0 Å². The van der Waals surface area contributed by atoms with E-state index in [1.54, 1.807) is 6.08 Å². The minimum absolute atomic E-state index is 0.0376. The Hall–Kier alpha value is -1.36. The summed E-state index contributed by atoms with van der Waals surface area (Å²) in [6, 6.07) is -0.382. The molecule has 1 aliphatic heterocycles. The Morgan fingerprint density at radius 1 is 1.44 bits per heavy atom. The molecule has 0 saturated carbocycles. The van der Waals surface area contributed by atoms with Gasteiger partial charge in [0.05, 0.1) is 0 Å². The van der Waals surface area contributed by atoms with E-state index in [1.807, 2.05) is 13.8 Å². The molecule has 2 rings (SSSR count). The van der Waals surface area contributed by atoms with Gasteiger partial charge in [-0.1, -0.05) is 13.8 Å². The van der Waals surface area contributed by atoms with E-state index in [0.29, 0.717) is 13.0 Å². The number of amides is 1. The largest absolute Gasteiger partial charge is 0.375 e. The van der Waals surface area contributed by atoms with Crippen LogP contribution in [0.5, 0.6) is 0 Å². The Balaban J connectivity index is 2.04. The predicted molar refractivity (Wildman–Crippen MR) is 57.1 cm³/mol. The number of hydrogen-bond acceptors (Lipinski definition) is 4. The second-order valence-corrected chi connectivity index (χ2v) is 5.13. The maximum absolute atomic E-state index is 11.5. The average Bonchev–Trinajstić information content (AvgIpc) is 2.48. The number of allylic oxidation sites excluding steroid dienone is 2. The maximum atomic E-state index is 11.5. The standard InChI is InChI=1S/C11H16N2O3/c1-11(2)4-7(3-8(14)5-11)12-9-6-16-13-10(9)15/h3,9,12H,4-6H2,1-2H3,(H,13,15). The van der Waals surface area contributed by atoms with Crippen LogP contribution in [0.15, 0.2) is 11.8 Å². The molecule has 1 unspecified atom stereocenters. The van der Waals surface area contributed by atoms with Crippen molar-refractivity contribution in [3.63, 3.8) is 0 Å². The molecule has 1 saturated heterocycles. The Kier molecular flexibility index (Phi) is 2.71. The van der Waals surface area contributed by atoms with Gasteiger partial charge in [-0.25, -0.2) is 5.48 Å². The SMILES string of the molecule is CC1(C)CC(=O)C=C(NC2CONC2=O)C1. The van der Waals surface area contributed by atoms with Gasteiger partial charge < -0.3 is 5.32 Å². The van der Waals surface area contributed by atoms with E-state index in [4.69, 9.17) is 4.84 Å². The predicted octanol–water partition coefficient (Wildman–Crippen LogP) is 0.279. The lowest BCUT2D eigenvalue weighted by molar-refractivity contribution is -0.125. The zero-order valence-electron chi connectivity index (χ0n) is 9.50. The van der Waals surface area contributed by atoms with Crippen molar-refractivity contribution in [1.29, 1.82) is 0 Å². The molecule has 1 fully saturated rings. The molecule has 1 aliphatic carbocycles. The van der Waals surface area contributed by atoms with Crippen molar-refractivity contribution in [3.8, 4) is 0 Å². The Morgan fingerprint density at radius 2 is 2.19 bits per heavy atom. The van der Waals surface area contributed by atoms with Gasteiger partial charge in [-0.05, 0) is 11.8 Å². The topological polar surface area (TPSA) is 67.4 Å². The van der Waals surface area contributed by atoms with Gasteiger partial charge in [-0.3, -0.25) is 14.4 Å². The minimum Gasteiger partial charge on any atom is -0.375 e. The molecule has 16 heavy (non-hydrogen) atoms. The molecule has 5 nitrogen and oxygen atoms in total. The first-order valence-corrected chi connectivity index (χ1v) is 5.38. The first kappa shape index (κ1) is 11.1. The minimum atomic E-state index is -0.382. The summed E-state index contributed by atoms with van der Waals surface area (Å²) < 4.78 is 0. The number of hydrogen-bond donors (Lipinski definition) is 2. The molecule has 0 aromatic heterocycles. The van der Waals surface area contributed by atoms with Crippen molar-refractivity contribution in [2.24, 2.45) is 5.41 Å². The number of nitrogens with one attached hydrogen (secondary N) is 2. The van der Waals surface area contributed by atoms with E-state index in [0.717, 1.165) is 12.1 Å². The van der Waals surface area contributed by atoms with Gasteiger partial charge in [0.1, 0.15) is 12.6 Å². The fourth-order valence-electron chi connectivity index (χ4n) is 2.11. The fourth-order valence-corrected chi connectivity index (χ4v) is 2.11. The lowest BCUT2D eigenvalue weighted by Gasteiger charge is -2.30. The summed E-state index contributed by atoms with van der Waals surface area (Å²) in [5, 5.41) is 3.06. The number of carbonyl (C=O) groups is 2. The molecule has 2 N–H and O–H groups in total. The van der Waals surface area contributed by atoms with Crippen LogP contribution in [-0.2, 0) is 14.4 Å². The molecular weight excluding hydrogens is 208 g/mol. The van der Waals surface area contributed by atoms with Gasteiger partial charge in [0.25, 0.3) is 5.91 Å². The quantitative estimate of drug-likeness (QED) is 0.707.